The molecule has 0 aliphatic heterocycles. The summed E-state index contributed by atoms with van der Waals surface area (Å²) in [5.41, 5.74) is 6.81. The van der Waals surface area contributed by atoms with Crippen LogP contribution in [-0.2, 0) is 4.79 Å². The maximum Gasteiger partial charge on any atom is 0.312 e. The molecule has 0 spiro atoms. The molecule has 6 heteroatoms. The molecule has 1 aromatic rings. The Balaban J connectivity index is 1.95. The number of primary amides is 1. The molecule has 3 amide bonds. The van der Waals surface area contributed by atoms with Gasteiger partial charge in [-0.3, -0.25) is 4.79 Å². The number of nitrogens with one attached hydrogen (secondary N) is 2. The average Bonchev–Trinajstić information content (AvgIpc) is 2.50. The molecule has 5 nitrogen and oxygen atoms in total. The molecule has 1 unspecified atom stereocenters. The molecule has 1 saturated carbocycles. The van der Waals surface area contributed by atoms with Crippen molar-refractivity contribution >= 4 is 29.4 Å². The van der Waals surface area contributed by atoms with Crippen LogP contribution in [-0.4, -0.2) is 23.2 Å². The zero-order valence-corrected chi connectivity index (χ0v) is 14.5. The van der Waals surface area contributed by atoms with Crippen LogP contribution in [0.4, 0.5) is 10.5 Å². The number of anilines is 1. The van der Waals surface area contributed by atoms with E-state index in [9.17, 15) is 9.59 Å². The number of benzene rings is 1. The summed E-state index contributed by atoms with van der Waals surface area (Å²) in [5.74, 6) is -0.278. The molecule has 1 fully saturated rings. The number of thioether (sulfide) groups is 1. The van der Waals surface area contributed by atoms with Crippen LogP contribution >= 0.6 is 11.8 Å². The lowest BCUT2D eigenvalue weighted by atomic mass is 10.0. The van der Waals surface area contributed by atoms with Gasteiger partial charge in [-0.05, 0) is 50.5 Å². The van der Waals surface area contributed by atoms with Gasteiger partial charge in [0.05, 0.1) is 0 Å². The largest absolute Gasteiger partial charge is 0.352 e. The van der Waals surface area contributed by atoms with E-state index in [1.807, 2.05) is 30.8 Å². The lowest BCUT2D eigenvalue weighted by Crippen LogP contribution is -2.44. The zero-order chi connectivity index (χ0) is 16.8. The summed E-state index contributed by atoms with van der Waals surface area (Å²) >= 11 is 1.93. The van der Waals surface area contributed by atoms with Crippen LogP contribution in [0.1, 0.15) is 44.6 Å². The van der Waals surface area contributed by atoms with Crippen LogP contribution in [0.2, 0.25) is 0 Å². The van der Waals surface area contributed by atoms with Gasteiger partial charge < -0.3 is 16.4 Å². The molecular weight excluding hydrogens is 310 g/mol. The van der Waals surface area contributed by atoms with E-state index in [0.29, 0.717) is 5.25 Å². The predicted molar refractivity (Wildman–Crippen MR) is 94.7 cm³/mol. The van der Waals surface area contributed by atoms with Crippen LogP contribution in [0, 0.1) is 6.92 Å². The minimum Gasteiger partial charge on any atom is -0.352 e. The van der Waals surface area contributed by atoms with Crippen LogP contribution < -0.4 is 16.4 Å². The van der Waals surface area contributed by atoms with Gasteiger partial charge in [0.15, 0.2) is 0 Å². The molecule has 4 N–H and O–H groups in total. The molecular formula is C17H25N3O2S. The molecule has 1 atom stereocenters. The van der Waals surface area contributed by atoms with Gasteiger partial charge >= 0.3 is 6.03 Å². The van der Waals surface area contributed by atoms with Crippen molar-refractivity contribution in [2.45, 2.75) is 62.1 Å². The number of urea groups is 1. The summed E-state index contributed by atoms with van der Waals surface area (Å²) in [6, 6.07) is 4.72. The maximum absolute atomic E-state index is 12.0. The van der Waals surface area contributed by atoms with Gasteiger partial charge in [-0.15, -0.1) is 11.8 Å². The Morgan fingerprint density at radius 1 is 1.26 bits per heavy atom. The Morgan fingerprint density at radius 2 is 1.96 bits per heavy atom. The van der Waals surface area contributed by atoms with Crippen molar-refractivity contribution < 1.29 is 9.59 Å². The van der Waals surface area contributed by atoms with Crippen molar-refractivity contribution in [3.05, 3.63) is 23.8 Å². The van der Waals surface area contributed by atoms with Gasteiger partial charge in [-0.1, -0.05) is 19.3 Å². The molecule has 2 rings (SSSR count). The number of nitrogens with two attached hydrogens (primary N) is 1. The molecule has 0 bridgehead atoms. The number of carbonyl (C=O) groups excluding carboxylic acids is 2. The SMILES string of the molecule is Cc1cc(SC2CCCCC2)ccc1NC(=O)C(C)NC(N)=O. The monoisotopic (exact) mass is 335 g/mol. The van der Waals surface area contributed by atoms with E-state index in [2.05, 4.69) is 16.7 Å². The van der Waals surface area contributed by atoms with E-state index >= 15 is 0 Å². The summed E-state index contributed by atoms with van der Waals surface area (Å²) in [5, 5.41) is 5.91. The highest BCUT2D eigenvalue weighted by Gasteiger charge is 2.17. The second-order valence-corrected chi connectivity index (χ2v) is 7.45. The van der Waals surface area contributed by atoms with E-state index in [1.54, 1.807) is 6.92 Å². The van der Waals surface area contributed by atoms with E-state index in [4.69, 9.17) is 5.73 Å². The fraction of sp³-hybridized carbons (Fsp3) is 0.529. The first-order valence-electron chi connectivity index (χ1n) is 8.10. The Hall–Kier alpha value is -1.69. The molecule has 1 aliphatic rings. The predicted octanol–water partition coefficient (Wildman–Crippen LogP) is 3.42. The van der Waals surface area contributed by atoms with Crippen LogP contribution in [0.5, 0.6) is 0 Å². The highest BCUT2D eigenvalue weighted by atomic mass is 32.2. The minimum absolute atomic E-state index is 0.278. The van der Waals surface area contributed by atoms with Crippen molar-refractivity contribution in [2.75, 3.05) is 5.32 Å². The van der Waals surface area contributed by atoms with E-state index in [-0.39, 0.29) is 5.91 Å². The van der Waals surface area contributed by atoms with Gasteiger partial charge in [-0.25, -0.2) is 4.79 Å². The summed E-state index contributed by atoms with van der Waals surface area (Å²) in [4.78, 5) is 24.1. The summed E-state index contributed by atoms with van der Waals surface area (Å²) < 4.78 is 0. The zero-order valence-electron chi connectivity index (χ0n) is 13.7. The Labute approximate surface area is 141 Å². The molecule has 126 valence electrons. The first kappa shape index (κ1) is 17.7. The van der Waals surface area contributed by atoms with Crippen molar-refractivity contribution in [3.63, 3.8) is 0 Å². The lowest BCUT2D eigenvalue weighted by Gasteiger charge is -2.21. The smallest absolute Gasteiger partial charge is 0.312 e. The highest BCUT2D eigenvalue weighted by Crippen LogP contribution is 2.34. The standard InChI is InChI=1S/C17H25N3O2S/c1-11-10-14(23-13-6-4-3-5-7-13)8-9-15(11)20-16(21)12(2)19-17(18)22/h8-10,12-13H,3-7H2,1-2H3,(H,20,21)(H3,18,19,22). The molecule has 0 saturated heterocycles. The second-order valence-electron chi connectivity index (χ2n) is 6.07. The first-order valence-corrected chi connectivity index (χ1v) is 8.98. The molecule has 1 aliphatic carbocycles. The Kier molecular flexibility index (Phi) is 6.33. The fourth-order valence-corrected chi connectivity index (χ4v) is 4.09. The molecule has 0 heterocycles. The number of rotatable bonds is 5. The van der Waals surface area contributed by atoms with Crippen molar-refractivity contribution in [1.29, 1.82) is 0 Å². The van der Waals surface area contributed by atoms with Crippen molar-refractivity contribution in [2.24, 2.45) is 5.73 Å². The van der Waals surface area contributed by atoms with Gasteiger partial charge in [0, 0.05) is 15.8 Å². The van der Waals surface area contributed by atoms with Crippen LogP contribution in [0.3, 0.4) is 0 Å². The van der Waals surface area contributed by atoms with Crippen LogP contribution in [0.25, 0.3) is 0 Å². The summed E-state index contributed by atoms with van der Waals surface area (Å²) in [6.07, 6.45) is 6.60. The number of hydrogen-bond donors (Lipinski definition) is 3. The van der Waals surface area contributed by atoms with E-state index in [0.717, 1.165) is 11.3 Å². The highest BCUT2D eigenvalue weighted by molar-refractivity contribution is 8.00. The Bertz CT molecular complexity index is 571. The number of carbonyl (C=O) groups is 2. The van der Waals surface area contributed by atoms with Gasteiger partial charge in [-0.2, -0.15) is 0 Å². The average molecular weight is 335 g/mol. The third kappa shape index (κ3) is 5.46. The third-order valence-electron chi connectivity index (χ3n) is 4.06. The third-order valence-corrected chi connectivity index (χ3v) is 5.39. The molecule has 0 radical (unpaired) electrons. The number of amides is 3. The second kappa shape index (κ2) is 8.24. The summed E-state index contributed by atoms with van der Waals surface area (Å²) in [7, 11) is 0. The van der Waals surface area contributed by atoms with Crippen molar-refractivity contribution in [1.82, 2.24) is 5.32 Å². The summed E-state index contributed by atoms with van der Waals surface area (Å²) in [6.45, 7) is 3.58. The van der Waals surface area contributed by atoms with E-state index in [1.165, 1.54) is 37.0 Å². The minimum atomic E-state index is -0.705. The van der Waals surface area contributed by atoms with E-state index < -0.39 is 12.1 Å². The number of hydrogen-bond acceptors (Lipinski definition) is 3. The Morgan fingerprint density at radius 3 is 2.57 bits per heavy atom. The fourth-order valence-electron chi connectivity index (χ4n) is 2.75. The van der Waals surface area contributed by atoms with Crippen molar-refractivity contribution in [3.8, 4) is 0 Å². The van der Waals surface area contributed by atoms with Gasteiger partial charge in [0.1, 0.15) is 6.04 Å². The first-order chi connectivity index (χ1) is 11.0. The van der Waals surface area contributed by atoms with Gasteiger partial charge in [0.25, 0.3) is 0 Å². The van der Waals surface area contributed by atoms with Gasteiger partial charge in [0.2, 0.25) is 5.91 Å². The van der Waals surface area contributed by atoms with Crippen LogP contribution in [0.15, 0.2) is 23.1 Å². The quantitative estimate of drug-likeness (QED) is 0.771. The maximum atomic E-state index is 12.0. The normalized spacial score (nSPS) is 16.6. The molecule has 0 aromatic heterocycles. The molecule has 1 aromatic carbocycles. The number of aryl methyl sites for hydroxylation is 1. The lowest BCUT2D eigenvalue weighted by molar-refractivity contribution is -0.117. The molecule has 23 heavy (non-hydrogen) atoms. The topological polar surface area (TPSA) is 84.2 Å².